The average Bonchev–Trinajstić information content (AvgIpc) is 3.08. The lowest BCUT2D eigenvalue weighted by atomic mass is 9.88. The lowest BCUT2D eigenvalue weighted by Gasteiger charge is -2.23. The first-order valence-electron chi connectivity index (χ1n) is 8.12. The molecule has 2 rings (SSSR count). The molecule has 0 fully saturated rings. The Morgan fingerprint density at radius 3 is 2.31 bits per heavy atom. The molecule has 26 heavy (non-hydrogen) atoms. The Balaban J connectivity index is 2.19. The van der Waals surface area contributed by atoms with Gasteiger partial charge in [-0.2, -0.15) is 0 Å². The van der Waals surface area contributed by atoms with E-state index in [0.717, 1.165) is 14.6 Å². The van der Waals surface area contributed by atoms with Crippen molar-refractivity contribution in [3.63, 3.8) is 0 Å². The number of thiazole rings is 1. The van der Waals surface area contributed by atoms with Gasteiger partial charge in [0.05, 0.1) is 22.1 Å². The van der Waals surface area contributed by atoms with Gasteiger partial charge in [0.15, 0.2) is 4.34 Å². The fourth-order valence-electron chi connectivity index (χ4n) is 2.54. The van der Waals surface area contributed by atoms with Gasteiger partial charge < -0.3 is 16.0 Å². The molecule has 2 aromatic rings. The molecule has 0 aliphatic carbocycles. The van der Waals surface area contributed by atoms with Crippen LogP contribution in [0.3, 0.4) is 0 Å². The molecule has 140 valence electrons. The molecular formula is C17H22N4O3S2. The van der Waals surface area contributed by atoms with Gasteiger partial charge in [-0.3, -0.25) is 14.4 Å². The Labute approximate surface area is 160 Å². The summed E-state index contributed by atoms with van der Waals surface area (Å²) in [5.41, 5.74) is 0.907. The number of hydrogen-bond donors (Lipinski definition) is 3. The number of nitrogens with zero attached hydrogens (tertiary/aromatic N) is 1. The first-order chi connectivity index (χ1) is 12.5. The molecule has 1 aromatic heterocycles. The summed E-state index contributed by atoms with van der Waals surface area (Å²) in [6, 6.07) is 7.80. The lowest BCUT2D eigenvalue weighted by molar-refractivity contribution is -0.136. The molecule has 0 bridgehead atoms. The molecule has 0 aliphatic heterocycles. The minimum atomic E-state index is -0.748. The van der Waals surface area contributed by atoms with Crippen LogP contribution in [0.25, 0.3) is 10.2 Å². The summed E-state index contributed by atoms with van der Waals surface area (Å²) in [6.07, 6.45) is -0.0470. The molecule has 3 N–H and O–H groups in total. The highest BCUT2D eigenvalue weighted by molar-refractivity contribution is 8.01. The number of carbonyl (C=O) groups excluding carboxylic acids is 3. The highest BCUT2D eigenvalue weighted by Crippen LogP contribution is 2.32. The number of carbonyl (C=O) groups is 3. The number of amides is 3. The van der Waals surface area contributed by atoms with Gasteiger partial charge in [0.1, 0.15) is 0 Å². The van der Waals surface area contributed by atoms with Gasteiger partial charge in [-0.05, 0) is 12.1 Å². The molecule has 1 aromatic carbocycles. The number of para-hydroxylation sites is 1. The van der Waals surface area contributed by atoms with Crippen LogP contribution < -0.4 is 16.0 Å². The predicted molar refractivity (Wildman–Crippen MR) is 104 cm³/mol. The van der Waals surface area contributed by atoms with Gasteiger partial charge in [0.2, 0.25) is 17.7 Å². The summed E-state index contributed by atoms with van der Waals surface area (Å²) in [5.74, 6) is -1.91. The Bertz CT molecular complexity index is 760. The van der Waals surface area contributed by atoms with Crippen molar-refractivity contribution < 1.29 is 14.4 Å². The van der Waals surface area contributed by atoms with Crippen LogP contribution in [0.5, 0.6) is 0 Å². The third-order valence-corrected chi connectivity index (χ3v) is 6.30. The zero-order valence-corrected chi connectivity index (χ0v) is 16.5. The minimum absolute atomic E-state index is 0.0470. The summed E-state index contributed by atoms with van der Waals surface area (Å²) in [6.45, 7) is 0. The summed E-state index contributed by atoms with van der Waals surface area (Å²) in [7, 11) is 4.54. The molecule has 1 heterocycles. The highest BCUT2D eigenvalue weighted by Gasteiger charge is 2.34. The number of benzene rings is 1. The van der Waals surface area contributed by atoms with E-state index in [1.807, 2.05) is 24.3 Å². The van der Waals surface area contributed by atoms with Crippen LogP contribution in [-0.2, 0) is 14.4 Å². The van der Waals surface area contributed by atoms with Crippen LogP contribution in [0.15, 0.2) is 28.6 Å². The van der Waals surface area contributed by atoms with Crippen LogP contribution >= 0.6 is 23.1 Å². The molecule has 3 amide bonds. The summed E-state index contributed by atoms with van der Waals surface area (Å²) >= 11 is 2.97. The third kappa shape index (κ3) is 4.95. The van der Waals surface area contributed by atoms with Crippen LogP contribution in [0.4, 0.5) is 0 Å². The van der Waals surface area contributed by atoms with Gasteiger partial charge in [0.25, 0.3) is 0 Å². The van der Waals surface area contributed by atoms with Crippen LogP contribution in [0, 0.1) is 11.8 Å². The van der Waals surface area contributed by atoms with E-state index in [1.54, 1.807) is 11.3 Å². The van der Waals surface area contributed by atoms with Gasteiger partial charge in [-0.15, -0.1) is 11.3 Å². The van der Waals surface area contributed by atoms with E-state index in [2.05, 4.69) is 20.9 Å². The maximum absolute atomic E-state index is 12.4. The Hall–Kier alpha value is -2.13. The number of thioether (sulfide) groups is 1. The number of fused-ring (bicyclic) bond motifs is 1. The molecule has 9 heteroatoms. The predicted octanol–water partition coefficient (Wildman–Crippen LogP) is 1.25. The van der Waals surface area contributed by atoms with Crippen molar-refractivity contribution in [1.29, 1.82) is 0 Å². The van der Waals surface area contributed by atoms with Crippen LogP contribution in [0.2, 0.25) is 0 Å². The van der Waals surface area contributed by atoms with E-state index in [-0.39, 0.29) is 24.1 Å². The molecule has 0 saturated carbocycles. The van der Waals surface area contributed by atoms with Crippen molar-refractivity contribution in [1.82, 2.24) is 20.9 Å². The molecule has 2 unspecified atom stereocenters. The van der Waals surface area contributed by atoms with Crippen molar-refractivity contribution in [3.05, 3.63) is 24.3 Å². The molecule has 0 saturated heterocycles. The van der Waals surface area contributed by atoms with Gasteiger partial charge in [-0.1, -0.05) is 23.9 Å². The summed E-state index contributed by atoms with van der Waals surface area (Å²) < 4.78 is 1.90. The topological polar surface area (TPSA) is 100 Å². The maximum Gasteiger partial charge on any atom is 0.224 e. The van der Waals surface area contributed by atoms with E-state index in [9.17, 15) is 14.4 Å². The van der Waals surface area contributed by atoms with Crippen molar-refractivity contribution >= 4 is 51.0 Å². The average molecular weight is 395 g/mol. The van der Waals surface area contributed by atoms with E-state index < -0.39 is 11.8 Å². The quantitative estimate of drug-likeness (QED) is 0.585. The maximum atomic E-state index is 12.4. The van der Waals surface area contributed by atoms with E-state index in [4.69, 9.17) is 0 Å². The second-order valence-electron chi connectivity index (χ2n) is 5.58. The molecule has 0 spiro atoms. The molecule has 7 nitrogen and oxygen atoms in total. The molecular weight excluding hydrogens is 372 g/mol. The van der Waals surface area contributed by atoms with Crippen molar-refractivity contribution in [2.24, 2.45) is 11.8 Å². The van der Waals surface area contributed by atoms with Crippen molar-refractivity contribution in [2.45, 2.75) is 10.8 Å². The van der Waals surface area contributed by atoms with Crippen molar-refractivity contribution in [3.8, 4) is 0 Å². The summed E-state index contributed by atoms with van der Waals surface area (Å²) in [4.78, 5) is 41.0. The SMILES string of the molecule is CNC(=O)CC(C(=O)NC)C(CSc1nc2ccccc2s1)C(=O)NC. The zero-order chi connectivity index (χ0) is 19.1. The molecule has 0 aliphatic rings. The smallest absolute Gasteiger partial charge is 0.224 e. The standard InChI is InChI=1S/C17H22N4O3S2/c1-18-14(22)8-10(15(23)19-2)11(16(24)20-3)9-25-17-21-12-6-4-5-7-13(12)26-17/h4-7,10-11H,8-9H2,1-3H3,(H,18,22)(H,19,23)(H,20,24). The van der Waals surface area contributed by atoms with E-state index in [1.165, 1.54) is 32.9 Å². The monoisotopic (exact) mass is 394 g/mol. The van der Waals surface area contributed by atoms with Crippen molar-refractivity contribution in [2.75, 3.05) is 26.9 Å². The zero-order valence-electron chi connectivity index (χ0n) is 14.9. The normalized spacial score (nSPS) is 13.0. The summed E-state index contributed by atoms with van der Waals surface area (Å²) in [5, 5.41) is 7.66. The number of hydrogen-bond acceptors (Lipinski definition) is 6. The number of rotatable bonds is 8. The van der Waals surface area contributed by atoms with Gasteiger partial charge in [0, 0.05) is 33.3 Å². The molecule has 2 atom stereocenters. The number of aromatic nitrogens is 1. The highest BCUT2D eigenvalue weighted by atomic mass is 32.2. The second-order valence-corrected chi connectivity index (χ2v) is 7.88. The minimum Gasteiger partial charge on any atom is -0.359 e. The van der Waals surface area contributed by atoms with Gasteiger partial charge in [-0.25, -0.2) is 4.98 Å². The second kappa shape index (κ2) is 9.54. The number of nitrogens with one attached hydrogen (secondary N) is 3. The third-order valence-electron chi connectivity index (χ3n) is 4.00. The molecule has 0 radical (unpaired) electrons. The largest absolute Gasteiger partial charge is 0.359 e. The van der Waals surface area contributed by atoms with Crippen LogP contribution in [0.1, 0.15) is 6.42 Å². The fourth-order valence-corrected chi connectivity index (χ4v) is 4.81. The first-order valence-corrected chi connectivity index (χ1v) is 9.92. The van der Waals surface area contributed by atoms with E-state index >= 15 is 0 Å². The Morgan fingerprint density at radius 1 is 1.04 bits per heavy atom. The van der Waals surface area contributed by atoms with Gasteiger partial charge >= 0.3 is 0 Å². The Kier molecular flexibility index (Phi) is 7.40. The Morgan fingerprint density at radius 2 is 1.69 bits per heavy atom. The van der Waals surface area contributed by atoms with E-state index in [0.29, 0.717) is 5.75 Å². The first kappa shape index (κ1) is 20.2. The van der Waals surface area contributed by atoms with Crippen LogP contribution in [-0.4, -0.2) is 49.6 Å². The fraction of sp³-hybridized carbons (Fsp3) is 0.412. The lowest BCUT2D eigenvalue weighted by Crippen LogP contribution is -2.43.